The number of nitrogens with one attached hydrogen (secondary N) is 1. The number of hydrogen-bond donors (Lipinski definition) is 2. The van der Waals surface area contributed by atoms with E-state index < -0.39 is 0 Å². The lowest BCUT2D eigenvalue weighted by molar-refractivity contribution is 0.775. The van der Waals surface area contributed by atoms with Crippen molar-refractivity contribution in [2.45, 2.75) is 12.8 Å². The van der Waals surface area contributed by atoms with E-state index in [2.05, 4.69) is 42.1 Å². The maximum absolute atomic E-state index is 5.86. The van der Waals surface area contributed by atoms with E-state index in [0.29, 0.717) is 0 Å². The van der Waals surface area contributed by atoms with Crippen molar-refractivity contribution in [3.05, 3.63) is 65.9 Å². The summed E-state index contributed by atoms with van der Waals surface area (Å²) in [4.78, 5) is 0. The molecule has 0 saturated heterocycles. The van der Waals surface area contributed by atoms with E-state index in [0.717, 1.165) is 30.8 Å². The molecule has 0 heterocycles. The minimum absolute atomic E-state index is 0.833. The Kier molecular flexibility index (Phi) is 3.65. The SMILES string of the molecule is NC1=C(NCCc2ccccc2)[CH]CC=C1. The van der Waals surface area contributed by atoms with Gasteiger partial charge < -0.3 is 11.1 Å². The average Bonchev–Trinajstić information content (AvgIpc) is 2.33. The molecule has 0 unspecified atom stereocenters. The quantitative estimate of drug-likeness (QED) is 0.804. The van der Waals surface area contributed by atoms with Gasteiger partial charge in [0.15, 0.2) is 0 Å². The van der Waals surface area contributed by atoms with Gasteiger partial charge in [0.05, 0.1) is 5.70 Å². The molecule has 16 heavy (non-hydrogen) atoms. The predicted octanol–water partition coefficient (Wildman–Crippen LogP) is 2.15. The van der Waals surface area contributed by atoms with E-state index in [1.807, 2.05) is 12.1 Å². The fourth-order valence-corrected chi connectivity index (χ4v) is 1.75. The zero-order valence-corrected chi connectivity index (χ0v) is 9.32. The zero-order chi connectivity index (χ0) is 11.2. The highest BCUT2D eigenvalue weighted by Crippen LogP contribution is 2.11. The summed E-state index contributed by atoms with van der Waals surface area (Å²) in [6.07, 6.45) is 8.15. The minimum atomic E-state index is 0.833. The molecule has 0 bridgehead atoms. The monoisotopic (exact) mass is 213 g/mol. The largest absolute Gasteiger partial charge is 0.397 e. The number of allylic oxidation sites excluding steroid dienone is 3. The van der Waals surface area contributed by atoms with Crippen LogP contribution in [0.5, 0.6) is 0 Å². The Morgan fingerprint density at radius 3 is 2.75 bits per heavy atom. The zero-order valence-electron chi connectivity index (χ0n) is 9.32. The third-order valence-electron chi connectivity index (χ3n) is 2.64. The summed E-state index contributed by atoms with van der Waals surface area (Å²) >= 11 is 0. The number of benzene rings is 1. The van der Waals surface area contributed by atoms with Gasteiger partial charge in [-0.05, 0) is 24.5 Å². The first kappa shape index (κ1) is 10.8. The van der Waals surface area contributed by atoms with E-state index in [1.165, 1.54) is 5.56 Å². The van der Waals surface area contributed by atoms with Crippen molar-refractivity contribution in [3.63, 3.8) is 0 Å². The van der Waals surface area contributed by atoms with Crippen LogP contribution >= 0.6 is 0 Å². The second-order valence-electron chi connectivity index (χ2n) is 3.87. The Labute approximate surface area is 96.9 Å². The molecular weight excluding hydrogens is 196 g/mol. The summed E-state index contributed by atoms with van der Waals surface area (Å²) in [7, 11) is 0. The topological polar surface area (TPSA) is 38.0 Å². The van der Waals surface area contributed by atoms with E-state index >= 15 is 0 Å². The summed E-state index contributed by atoms with van der Waals surface area (Å²) in [5, 5.41) is 3.37. The first-order valence-corrected chi connectivity index (χ1v) is 5.63. The standard InChI is InChI=1S/C14H17N2/c15-13-8-4-5-9-14(13)16-11-10-12-6-2-1-3-7-12/h1-4,6-9,16H,5,10-11,15H2. The van der Waals surface area contributed by atoms with Gasteiger partial charge in [-0.15, -0.1) is 0 Å². The van der Waals surface area contributed by atoms with Gasteiger partial charge in [-0.2, -0.15) is 0 Å². The van der Waals surface area contributed by atoms with Crippen LogP contribution in [-0.2, 0) is 6.42 Å². The lowest BCUT2D eigenvalue weighted by atomic mass is 10.1. The molecule has 1 radical (unpaired) electrons. The fourth-order valence-electron chi connectivity index (χ4n) is 1.75. The molecule has 0 spiro atoms. The molecule has 0 aliphatic heterocycles. The number of hydrogen-bond acceptors (Lipinski definition) is 2. The van der Waals surface area contributed by atoms with E-state index in [1.54, 1.807) is 0 Å². The average molecular weight is 213 g/mol. The summed E-state index contributed by atoms with van der Waals surface area (Å²) in [6.45, 7) is 0.921. The first-order valence-electron chi connectivity index (χ1n) is 5.63. The van der Waals surface area contributed by atoms with Gasteiger partial charge in [0, 0.05) is 18.7 Å². The smallest absolute Gasteiger partial charge is 0.0506 e. The molecule has 0 amide bonds. The van der Waals surface area contributed by atoms with E-state index in [-0.39, 0.29) is 0 Å². The molecule has 1 aliphatic carbocycles. The van der Waals surface area contributed by atoms with Crippen molar-refractivity contribution in [1.82, 2.24) is 5.32 Å². The molecule has 0 aromatic heterocycles. The normalized spacial score (nSPS) is 15.2. The van der Waals surface area contributed by atoms with Crippen LogP contribution in [0.25, 0.3) is 0 Å². The molecule has 2 rings (SSSR count). The van der Waals surface area contributed by atoms with Gasteiger partial charge in [-0.25, -0.2) is 0 Å². The Bertz CT molecular complexity index is 390. The van der Waals surface area contributed by atoms with Crippen molar-refractivity contribution in [2.75, 3.05) is 6.54 Å². The van der Waals surface area contributed by atoms with Crippen molar-refractivity contribution >= 4 is 0 Å². The molecule has 2 heteroatoms. The van der Waals surface area contributed by atoms with Gasteiger partial charge in [-0.1, -0.05) is 36.4 Å². The van der Waals surface area contributed by atoms with Crippen LogP contribution in [0, 0.1) is 6.42 Å². The summed E-state index contributed by atoms with van der Waals surface area (Å²) < 4.78 is 0. The van der Waals surface area contributed by atoms with Crippen molar-refractivity contribution in [3.8, 4) is 0 Å². The van der Waals surface area contributed by atoms with Crippen LogP contribution in [0.15, 0.2) is 53.9 Å². The lowest BCUT2D eigenvalue weighted by Crippen LogP contribution is -2.22. The molecule has 0 saturated carbocycles. The van der Waals surface area contributed by atoms with Gasteiger partial charge >= 0.3 is 0 Å². The number of rotatable bonds is 4. The Morgan fingerprint density at radius 1 is 1.19 bits per heavy atom. The van der Waals surface area contributed by atoms with Crippen LogP contribution in [-0.4, -0.2) is 6.54 Å². The van der Waals surface area contributed by atoms with Crippen LogP contribution < -0.4 is 11.1 Å². The summed E-state index contributed by atoms with van der Waals surface area (Å²) in [5.74, 6) is 0. The molecule has 1 aromatic rings. The lowest BCUT2D eigenvalue weighted by Gasteiger charge is -2.14. The van der Waals surface area contributed by atoms with Gasteiger partial charge in [0.1, 0.15) is 0 Å². The molecular formula is C14H17N2. The second kappa shape index (κ2) is 5.40. The van der Waals surface area contributed by atoms with Crippen LogP contribution in [0.2, 0.25) is 0 Å². The maximum Gasteiger partial charge on any atom is 0.0506 e. The molecule has 0 atom stereocenters. The van der Waals surface area contributed by atoms with Crippen molar-refractivity contribution in [1.29, 1.82) is 0 Å². The molecule has 0 fully saturated rings. The third-order valence-corrected chi connectivity index (χ3v) is 2.64. The fraction of sp³-hybridized carbons (Fsp3) is 0.214. The van der Waals surface area contributed by atoms with E-state index in [9.17, 15) is 0 Å². The van der Waals surface area contributed by atoms with Crippen LogP contribution in [0.4, 0.5) is 0 Å². The summed E-state index contributed by atoms with van der Waals surface area (Å²) in [6, 6.07) is 10.5. The minimum Gasteiger partial charge on any atom is -0.397 e. The van der Waals surface area contributed by atoms with Gasteiger partial charge in [0.2, 0.25) is 0 Å². The van der Waals surface area contributed by atoms with Gasteiger partial charge in [-0.3, -0.25) is 0 Å². The van der Waals surface area contributed by atoms with Crippen molar-refractivity contribution in [2.24, 2.45) is 5.73 Å². The Balaban J connectivity index is 1.82. The van der Waals surface area contributed by atoms with E-state index in [4.69, 9.17) is 5.73 Å². The maximum atomic E-state index is 5.86. The molecule has 1 aromatic carbocycles. The molecule has 83 valence electrons. The molecule has 1 aliphatic rings. The van der Waals surface area contributed by atoms with Crippen LogP contribution in [0.1, 0.15) is 12.0 Å². The second-order valence-corrected chi connectivity index (χ2v) is 3.87. The first-order chi connectivity index (χ1) is 7.86. The number of nitrogens with two attached hydrogens (primary N) is 1. The van der Waals surface area contributed by atoms with Gasteiger partial charge in [0.25, 0.3) is 0 Å². The summed E-state index contributed by atoms with van der Waals surface area (Å²) in [5.41, 5.74) is 9.11. The molecule has 2 nitrogen and oxygen atoms in total. The highest BCUT2D eigenvalue weighted by molar-refractivity contribution is 5.32. The Hall–Kier alpha value is -1.70. The van der Waals surface area contributed by atoms with Crippen molar-refractivity contribution < 1.29 is 0 Å². The highest BCUT2D eigenvalue weighted by atomic mass is 14.9. The molecule has 3 N–H and O–H groups in total. The van der Waals surface area contributed by atoms with Crippen LogP contribution in [0.3, 0.4) is 0 Å². The Morgan fingerprint density at radius 2 is 2.00 bits per heavy atom. The predicted molar refractivity (Wildman–Crippen MR) is 67.4 cm³/mol. The highest BCUT2D eigenvalue weighted by Gasteiger charge is 2.04. The third kappa shape index (κ3) is 2.89.